The van der Waals surface area contributed by atoms with Gasteiger partial charge < -0.3 is 14.2 Å². The van der Waals surface area contributed by atoms with Gasteiger partial charge in [-0.15, -0.1) is 0 Å². The van der Waals surface area contributed by atoms with Crippen LogP contribution in [-0.4, -0.2) is 29.2 Å². The Morgan fingerprint density at radius 1 is 1.00 bits per heavy atom. The molecule has 1 N–H and O–H groups in total. The highest BCUT2D eigenvalue weighted by Gasteiger charge is 2.00. The van der Waals surface area contributed by atoms with Gasteiger partial charge in [0.15, 0.2) is 0 Å². The van der Waals surface area contributed by atoms with Crippen LogP contribution in [0.2, 0.25) is 0 Å². The predicted octanol–water partition coefficient (Wildman–Crippen LogP) is 2.42. The molecule has 0 aliphatic rings. The molecule has 0 aliphatic heterocycles. The minimum Gasteiger partial charge on any atom is -0.759 e. The van der Waals surface area contributed by atoms with Gasteiger partial charge >= 0.3 is 0 Å². The van der Waals surface area contributed by atoms with Crippen molar-refractivity contribution in [3.63, 3.8) is 0 Å². The van der Waals surface area contributed by atoms with Gasteiger partial charge in [0.2, 0.25) is 0 Å². The lowest BCUT2D eigenvalue weighted by molar-refractivity contribution is 0.270. The molecule has 112 valence electrons. The Hall–Kier alpha value is -0.170. The topological polar surface area (TPSA) is 100 Å². The molecule has 1 unspecified atom stereocenters. The molecule has 0 aromatic carbocycles. The Kier molecular flexibility index (Phi) is 14.9. The van der Waals surface area contributed by atoms with Gasteiger partial charge in [0.25, 0.3) is 0 Å². The molecule has 5 nitrogen and oxygen atoms in total. The summed E-state index contributed by atoms with van der Waals surface area (Å²) in [5.74, 6) is 0.814. The van der Waals surface area contributed by atoms with E-state index < -0.39 is 10.4 Å². The van der Waals surface area contributed by atoms with Crippen LogP contribution in [0.1, 0.15) is 65.2 Å². The second-order valence-electron chi connectivity index (χ2n) is 4.58. The zero-order chi connectivity index (χ0) is 14.4. The zero-order valence-electron chi connectivity index (χ0n) is 11.4. The predicted molar refractivity (Wildman–Crippen MR) is 69.3 cm³/mol. The van der Waals surface area contributed by atoms with Crippen LogP contribution in [0.4, 0.5) is 0 Å². The van der Waals surface area contributed by atoms with Crippen molar-refractivity contribution >= 4 is 10.4 Å². The van der Waals surface area contributed by atoms with E-state index in [1.54, 1.807) is 0 Å². The van der Waals surface area contributed by atoms with E-state index in [1.165, 1.54) is 44.9 Å². The van der Waals surface area contributed by atoms with Crippen LogP contribution in [0.15, 0.2) is 0 Å². The molecule has 6 heteroatoms. The lowest BCUT2D eigenvalue weighted by atomic mass is 9.98. The van der Waals surface area contributed by atoms with Gasteiger partial charge in [-0.3, -0.25) is 8.42 Å². The third kappa shape index (κ3) is 29.7. The lowest BCUT2D eigenvalue weighted by Crippen LogP contribution is -1.96. The van der Waals surface area contributed by atoms with E-state index in [2.05, 4.69) is 13.8 Å². The van der Waals surface area contributed by atoms with E-state index in [0.29, 0.717) is 6.61 Å². The van der Waals surface area contributed by atoms with Gasteiger partial charge in [0.1, 0.15) is 0 Å². The number of hydrogen-bond acceptors (Lipinski definition) is 5. The van der Waals surface area contributed by atoms with Crippen LogP contribution < -0.4 is 0 Å². The highest BCUT2D eigenvalue weighted by molar-refractivity contribution is 7.79. The van der Waals surface area contributed by atoms with E-state index in [1.807, 2.05) is 0 Å². The van der Waals surface area contributed by atoms with Crippen molar-refractivity contribution in [2.75, 3.05) is 6.61 Å². The Morgan fingerprint density at radius 3 is 1.89 bits per heavy atom. The summed E-state index contributed by atoms with van der Waals surface area (Å²) >= 11 is 0. The van der Waals surface area contributed by atoms with Crippen molar-refractivity contribution in [3.8, 4) is 0 Å². The summed E-state index contributed by atoms with van der Waals surface area (Å²) in [5.41, 5.74) is 0. The summed E-state index contributed by atoms with van der Waals surface area (Å²) < 4.78 is 34.1. The summed E-state index contributed by atoms with van der Waals surface area (Å²) in [6, 6.07) is 0. The molecule has 0 aromatic rings. The summed E-state index contributed by atoms with van der Waals surface area (Å²) in [4.78, 5) is 0. The molecule has 0 spiro atoms. The van der Waals surface area contributed by atoms with E-state index in [9.17, 15) is 0 Å². The highest BCUT2D eigenvalue weighted by atomic mass is 32.3. The largest absolute Gasteiger partial charge is 0.759 e. The van der Waals surface area contributed by atoms with Gasteiger partial charge in [0, 0.05) is 17.0 Å². The van der Waals surface area contributed by atoms with Crippen LogP contribution in [0, 0.1) is 5.92 Å². The van der Waals surface area contributed by atoms with Gasteiger partial charge in [0.05, 0.1) is 0 Å². The third-order valence-corrected chi connectivity index (χ3v) is 2.66. The van der Waals surface area contributed by atoms with Crippen LogP contribution in [0.3, 0.4) is 0 Å². The smallest absolute Gasteiger partial charge is 0.0431 e. The SMILES string of the molecule is CCCCCCCC(C)CCCO.O=S(=O)([O-])[O-]. The first-order valence-electron chi connectivity index (χ1n) is 6.58. The summed E-state index contributed by atoms with van der Waals surface area (Å²) in [6.45, 7) is 4.92. The number of unbranched alkanes of at least 4 members (excludes halogenated alkanes) is 4. The Balaban J connectivity index is 0. The number of hydrogen-bond donors (Lipinski definition) is 1. The van der Waals surface area contributed by atoms with E-state index >= 15 is 0 Å². The molecule has 0 aromatic heterocycles. The molecular weight excluding hydrogens is 256 g/mol. The van der Waals surface area contributed by atoms with Crippen molar-refractivity contribution in [1.82, 2.24) is 0 Å². The average Bonchev–Trinajstić information content (AvgIpc) is 2.24. The lowest BCUT2D eigenvalue weighted by Gasteiger charge is -2.09. The van der Waals surface area contributed by atoms with Gasteiger partial charge in [-0.1, -0.05) is 52.4 Å². The fourth-order valence-corrected chi connectivity index (χ4v) is 1.68. The zero-order valence-corrected chi connectivity index (χ0v) is 12.2. The fourth-order valence-electron chi connectivity index (χ4n) is 1.68. The van der Waals surface area contributed by atoms with Crippen molar-refractivity contribution in [2.24, 2.45) is 5.92 Å². The molecule has 0 radical (unpaired) electrons. The maximum atomic E-state index is 8.66. The second kappa shape index (κ2) is 13.3. The van der Waals surface area contributed by atoms with Crippen LogP contribution in [-0.2, 0) is 10.4 Å². The van der Waals surface area contributed by atoms with Crippen LogP contribution in [0.5, 0.6) is 0 Å². The number of aliphatic hydroxyl groups excluding tert-OH is 1. The summed E-state index contributed by atoms with van der Waals surface area (Å²) in [7, 11) is -5.17. The van der Waals surface area contributed by atoms with Gasteiger partial charge in [-0.25, -0.2) is 0 Å². The molecule has 0 aliphatic carbocycles. The standard InChI is InChI=1S/C12H26O.H2O4S/c1-3-4-5-6-7-9-12(2)10-8-11-13;1-5(2,3)4/h12-13H,3-11H2,1-2H3;(H2,1,2,3,4)/p-2. The van der Waals surface area contributed by atoms with E-state index in [4.69, 9.17) is 22.6 Å². The Morgan fingerprint density at radius 2 is 1.44 bits per heavy atom. The molecule has 0 rings (SSSR count). The van der Waals surface area contributed by atoms with Crippen molar-refractivity contribution < 1.29 is 22.6 Å². The maximum Gasteiger partial charge on any atom is 0.0431 e. The highest BCUT2D eigenvalue weighted by Crippen LogP contribution is 2.15. The van der Waals surface area contributed by atoms with E-state index in [-0.39, 0.29) is 0 Å². The van der Waals surface area contributed by atoms with Crippen molar-refractivity contribution in [2.45, 2.75) is 65.2 Å². The van der Waals surface area contributed by atoms with Crippen molar-refractivity contribution in [1.29, 1.82) is 0 Å². The molecular formula is C12H26O5S-2. The molecule has 0 saturated carbocycles. The van der Waals surface area contributed by atoms with E-state index in [0.717, 1.165) is 12.3 Å². The molecule has 0 fully saturated rings. The monoisotopic (exact) mass is 282 g/mol. The number of aliphatic hydroxyl groups is 1. The molecule has 0 heterocycles. The van der Waals surface area contributed by atoms with Crippen molar-refractivity contribution in [3.05, 3.63) is 0 Å². The minimum atomic E-state index is -5.17. The maximum absolute atomic E-state index is 8.66. The Labute approximate surface area is 111 Å². The first-order chi connectivity index (χ1) is 8.31. The molecule has 0 amide bonds. The quantitative estimate of drug-likeness (QED) is 0.397. The second-order valence-corrected chi connectivity index (χ2v) is 5.40. The van der Waals surface area contributed by atoms with Gasteiger partial charge in [-0.05, 0) is 18.8 Å². The van der Waals surface area contributed by atoms with Gasteiger partial charge in [-0.2, -0.15) is 0 Å². The van der Waals surface area contributed by atoms with Crippen LogP contribution in [0.25, 0.3) is 0 Å². The normalized spacial score (nSPS) is 12.7. The molecule has 0 bridgehead atoms. The third-order valence-electron chi connectivity index (χ3n) is 2.66. The molecule has 18 heavy (non-hydrogen) atoms. The first kappa shape index (κ1) is 20.2. The molecule has 0 saturated heterocycles. The number of rotatable bonds is 9. The average molecular weight is 282 g/mol. The molecule has 1 atom stereocenters. The van der Waals surface area contributed by atoms with Crippen LogP contribution >= 0.6 is 0 Å². The Bertz CT molecular complexity index is 243. The summed E-state index contributed by atoms with van der Waals surface area (Å²) in [6.07, 6.45) is 10.4. The summed E-state index contributed by atoms with van der Waals surface area (Å²) in [5, 5.41) is 8.66. The minimum absolute atomic E-state index is 0.361. The first-order valence-corrected chi connectivity index (χ1v) is 7.92. The fraction of sp³-hybridized carbons (Fsp3) is 1.00.